The second kappa shape index (κ2) is 8.96. The maximum Gasteiger partial charge on any atom is 0.242 e. The second-order valence-electron chi connectivity index (χ2n) is 5.79. The van der Waals surface area contributed by atoms with Crippen molar-refractivity contribution in [2.75, 3.05) is 42.0 Å². The molecule has 0 bridgehead atoms. The minimum atomic E-state index is -3.59. The Kier molecular flexibility index (Phi) is 6.92. The third kappa shape index (κ3) is 4.64. The fourth-order valence-corrected chi connectivity index (χ4v) is 3.79. The Labute approximate surface area is 160 Å². The van der Waals surface area contributed by atoms with Crippen LogP contribution in [0.15, 0.2) is 41.3 Å². The van der Waals surface area contributed by atoms with E-state index in [1.165, 1.54) is 30.7 Å². The Morgan fingerprint density at radius 1 is 0.852 bits per heavy atom. The Morgan fingerprint density at radius 3 is 1.85 bits per heavy atom. The normalized spacial score (nSPS) is 11.3. The van der Waals surface area contributed by atoms with E-state index in [0.717, 1.165) is 5.56 Å². The first-order valence-electron chi connectivity index (χ1n) is 8.26. The zero-order valence-corrected chi connectivity index (χ0v) is 17.0. The van der Waals surface area contributed by atoms with E-state index < -0.39 is 10.0 Å². The van der Waals surface area contributed by atoms with Crippen molar-refractivity contribution in [1.29, 1.82) is 0 Å². The Morgan fingerprint density at radius 2 is 1.41 bits per heavy atom. The molecule has 0 saturated carbocycles. The Hall–Kier alpha value is -2.45. The van der Waals surface area contributed by atoms with Crippen LogP contribution in [0.25, 0.3) is 0 Å². The largest absolute Gasteiger partial charge is 0.497 e. The highest BCUT2D eigenvalue weighted by Gasteiger charge is 2.21. The zero-order chi connectivity index (χ0) is 20.0. The first-order valence-corrected chi connectivity index (χ1v) is 9.70. The van der Waals surface area contributed by atoms with Crippen LogP contribution in [0.3, 0.4) is 0 Å². The molecule has 0 heterocycles. The van der Waals surface area contributed by atoms with Gasteiger partial charge in [-0.3, -0.25) is 0 Å². The van der Waals surface area contributed by atoms with E-state index in [4.69, 9.17) is 18.9 Å². The van der Waals surface area contributed by atoms with Gasteiger partial charge in [-0.1, -0.05) is 0 Å². The number of rotatable bonds is 9. The van der Waals surface area contributed by atoms with Crippen molar-refractivity contribution >= 4 is 10.0 Å². The first kappa shape index (κ1) is 20.9. The summed E-state index contributed by atoms with van der Waals surface area (Å²) in [6.07, 6.45) is 0.489. The number of benzene rings is 2. The van der Waals surface area contributed by atoms with E-state index in [9.17, 15) is 8.42 Å². The fraction of sp³-hybridized carbons (Fsp3) is 0.368. The summed E-state index contributed by atoms with van der Waals surface area (Å²) < 4.78 is 47.8. The molecule has 0 radical (unpaired) electrons. The molecule has 0 aromatic heterocycles. The van der Waals surface area contributed by atoms with Gasteiger partial charge in [0.2, 0.25) is 15.8 Å². The summed E-state index contributed by atoms with van der Waals surface area (Å²) in [5, 5.41) is 0. The van der Waals surface area contributed by atoms with Crippen molar-refractivity contribution in [1.82, 2.24) is 4.31 Å². The smallest absolute Gasteiger partial charge is 0.242 e. The van der Waals surface area contributed by atoms with Crippen LogP contribution in [-0.2, 0) is 16.4 Å². The number of ether oxygens (including phenoxy) is 4. The van der Waals surface area contributed by atoms with Crippen molar-refractivity contribution in [3.05, 3.63) is 42.0 Å². The number of sulfonamides is 1. The van der Waals surface area contributed by atoms with Gasteiger partial charge < -0.3 is 18.9 Å². The molecule has 0 saturated heterocycles. The average Bonchev–Trinajstić information content (AvgIpc) is 2.70. The van der Waals surface area contributed by atoms with Gasteiger partial charge in [0.15, 0.2) is 11.5 Å². The molecule has 2 rings (SSSR count). The van der Waals surface area contributed by atoms with Gasteiger partial charge in [0, 0.05) is 13.6 Å². The highest BCUT2D eigenvalue weighted by Crippen LogP contribution is 2.38. The fourth-order valence-electron chi connectivity index (χ4n) is 2.61. The molecule has 0 amide bonds. The summed E-state index contributed by atoms with van der Waals surface area (Å²) in [7, 11) is 4.12. The van der Waals surface area contributed by atoms with Crippen LogP contribution in [0.4, 0.5) is 0 Å². The lowest BCUT2D eigenvalue weighted by Crippen LogP contribution is -2.29. The quantitative estimate of drug-likeness (QED) is 0.650. The van der Waals surface area contributed by atoms with E-state index in [1.807, 2.05) is 12.1 Å². The summed E-state index contributed by atoms with van der Waals surface area (Å²) in [4.78, 5) is 0.218. The molecule has 7 nitrogen and oxygen atoms in total. The lowest BCUT2D eigenvalue weighted by molar-refractivity contribution is 0.323. The topological polar surface area (TPSA) is 74.3 Å². The minimum absolute atomic E-state index is 0.218. The van der Waals surface area contributed by atoms with Crippen molar-refractivity contribution in [3.8, 4) is 23.0 Å². The van der Waals surface area contributed by atoms with E-state index in [0.29, 0.717) is 36.0 Å². The summed E-state index contributed by atoms with van der Waals surface area (Å²) in [5.41, 5.74) is 0.876. The van der Waals surface area contributed by atoms with Crippen LogP contribution < -0.4 is 18.9 Å². The number of nitrogens with zero attached hydrogens (tertiary/aromatic N) is 1. The lowest BCUT2D eigenvalue weighted by atomic mass is 10.1. The van der Waals surface area contributed by atoms with Gasteiger partial charge in [0.05, 0.1) is 33.3 Å². The maximum atomic E-state index is 12.7. The van der Waals surface area contributed by atoms with Gasteiger partial charge in [0.1, 0.15) is 5.75 Å². The van der Waals surface area contributed by atoms with Gasteiger partial charge >= 0.3 is 0 Å². The third-order valence-corrected chi connectivity index (χ3v) is 6.08. The third-order valence-electron chi connectivity index (χ3n) is 4.21. The average molecular weight is 395 g/mol. The molecule has 148 valence electrons. The van der Waals surface area contributed by atoms with Gasteiger partial charge in [-0.25, -0.2) is 12.7 Å². The number of hydrogen-bond donors (Lipinski definition) is 0. The first-order chi connectivity index (χ1) is 12.9. The molecule has 0 N–H and O–H groups in total. The highest BCUT2D eigenvalue weighted by molar-refractivity contribution is 7.89. The van der Waals surface area contributed by atoms with Gasteiger partial charge in [-0.2, -0.15) is 0 Å². The van der Waals surface area contributed by atoms with E-state index in [-0.39, 0.29) is 4.90 Å². The molecule has 2 aromatic carbocycles. The van der Waals surface area contributed by atoms with Gasteiger partial charge in [0.25, 0.3) is 0 Å². The standard InChI is InChI=1S/C19H25NO6S/c1-20(27(21,22)16-8-6-15(23-2)7-9-16)11-10-14-12-17(24-3)19(26-5)18(13-14)25-4/h6-9,12-13H,10-11H2,1-5H3. The lowest BCUT2D eigenvalue weighted by Gasteiger charge is -2.18. The van der Waals surface area contributed by atoms with E-state index >= 15 is 0 Å². The molecule has 0 fully saturated rings. The van der Waals surface area contributed by atoms with Crippen LogP contribution in [0, 0.1) is 0 Å². The second-order valence-corrected chi connectivity index (χ2v) is 7.83. The molecular formula is C19H25NO6S. The van der Waals surface area contributed by atoms with E-state index in [2.05, 4.69) is 0 Å². The minimum Gasteiger partial charge on any atom is -0.497 e. The molecule has 0 aliphatic carbocycles. The Balaban J connectivity index is 2.17. The van der Waals surface area contributed by atoms with Crippen LogP contribution in [0.1, 0.15) is 5.56 Å². The molecule has 27 heavy (non-hydrogen) atoms. The van der Waals surface area contributed by atoms with Crippen LogP contribution in [0.2, 0.25) is 0 Å². The molecule has 0 aliphatic rings. The monoisotopic (exact) mass is 395 g/mol. The summed E-state index contributed by atoms with van der Waals surface area (Å²) >= 11 is 0. The molecule has 2 aromatic rings. The van der Waals surface area contributed by atoms with Crippen molar-refractivity contribution in [3.63, 3.8) is 0 Å². The molecule has 8 heteroatoms. The van der Waals surface area contributed by atoms with Crippen molar-refractivity contribution in [2.24, 2.45) is 0 Å². The maximum absolute atomic E-state index is 12.7. The summed E-state index contributed by atoms with van der Waals surface area (Å²) in [5.74, 6) is 2.18. The number of hydrogen-bond acceptors (Lipinski definition) is 6. The summed E-state index contributed by atoms with van der Waals surface area (Å²) in [6, 6.07) is 9.94. The van der Waals surface area contributed by atoms with Crippen LogP contribution in [-0.4, -0.2) is 54.8 Å². The molecule has 0 aliphatic heterocycles. The highest BCUT2D eigenvalue weighted by atomic mass is 32.2. The molecular weight excluding hydrogens is 370 g/mol. The molecule has 0 spiro atoms. The predicted octanol–water partition coefficient (Wildman–Crippen LogP) is 2.58. The Bertz CT molecular complexity index is 839. The van der Waals surface area contributed by atoms with Gasteiger partial charge in [-0.15, -0.1) is 0 Å². The zero-order valence-electron chi connectivity index (χ0n) is 16.2. The molecule has 0 atom stereocenters. The van der Waals surface area contributed by atoms with Crippen LogP contribution >= 0.6 is 0 Å². The predicted molar refractivity (Wildman–Crippen MR) is 103 cm³/mol. The van der Waals surface area contributed by atoms with Crippen molar-refractivity contribution < 1.29 is 27.4 Å². The number of methoxy groups -OCH3 is 4. The van der Waals surface area contributed by atoms with E-state index in [1.54, 1.807) is 33.4 Å². The van der Waals surface area contributed by atoms with Crippen molar-refractivity contribution in [2.45, 2.75) is 11.3 Å². The summed E-state index contributed by atoms with van der Waals surface area (Å²) in [6.45, 7) is 0.299. The molecule has 0 unspecified atom stereocenters. The van der Waals surface area contributed by atoms with Crippen LogP contribution in [0.5, 0.6) is 23.0 Å². The number of likely N-dealkylation sites (N-methyl/N-ethyl adjacent to an activating group) is 1. The van der Waals surface area contributed by atoms with Gasteiger partial charge in [-0.05, 0) is 48.4 Å². The SMILES string of the molecule is COc1ccc(S(=O)(=O)N(C)CCc2cc(OC)c(OC)c(OC)c2)cc1.